The third-order valence-corrected chi connectivity index (χ3v) is 11.8. The van der Waals surface area contributed by atoms with E-state index in [2.05, 4.69) is 252 Å². The van der Waals surface area contributed by atoms with Crippen molar-refractivity contribution in [3.8, 4) is 50.2 Å². The molecule has 0 saturated heterocycles. The Bertz CT molecular complexity index is 3290. The van der Waals surface area contributed by atoms with Crippen LogP contribution in [-0.2, 0) is 0 Å². The molecule has 0 aliphatic heterocycles. The summed E-state index contributed by atoms with van der Waals surface area (Å²) in [6.45, 7) is 0. The first-order valence-corrected chi connectivity index (χ1v) is 20.6. The Morgan fingerprint density at radius 2 is 0.800 bits per heavy atom. The van der Waals surface area contributed by atoms with Crippen LogP contribution in [0.4, 0.5) is 17.1 Å². The van der Waals surface area contributed by atoms with Gasteiger partial charge in [0.05, 0.1) is 22.4 Å². The van der Waals surface area contributed by atoms with Crippen LogP contribution >= 0.6 is 0 Å². The second-order valence-corrected chi connectivity index (χ2v) is 15.3. The number of aromatic nitrogens is 1. The van der Waals surface area contributed by atoms with Crippen LogP contribution in [0, 0.1) is 0 Å². The zero-order valence-corrected chi connectivity index (χ0v) is 33.0. The van der Waals surface area contributed by atoms with Crippen LogP contribution in [0.1, 0.15) is 0 Å². The molecule has 2 heteroatoms. The van der Waals surface area contributed by atoms with Gasteiger partial charge in [0.25, 0.3) is 0 Å². The maximum atomic E-state index is 2.46. The molecule has 282 valence electrons. The molecule has 0 saturated carbocycles. The van der Waals surface area contributed by atoms with Gasteiger partial charge in [-0.05, 0) is 92.7 Å². The van der Waals surface area contributed by atoms with E-state index in [0.29, 0.717) is 0 Å². The second-order valence-electron chi connectivity index (χ2n) is 15.3. The number of nitrogens with zero attached hydrogens (tertiary/aromatic N) is 2. The molecule has 0 atom stereocenters. The fourth-order valence-corrected chi connectivity index (χ4v) is 8.87. The Morgan fingerprint density at radius 3 is 1.60 bits per heavy atom. The Labute approximate surface area is 350 Å². The van der Waals surface area contributed by atoms with Crippen LogP contribution in [0.2, 0.25) is 0 Å². The Balaban J connectivity index is 1.09. The van der Waals surface area contributed by atoms with E-state index in [0.717, 1.165) is 28.3 Å². The number of hydrogen-bond acceptors (Lipinski definition) is 1. The molecule has 0 unspecified atom stereocenters. The van der Waals surface area contributed by atoms with E-state index in [1.165, 1.54) is 71.6 Å². The highest BCUT2D eigenvalue weighted by atomic mass is 15.1. The predicted molar refractivity (Wildman–Crippen MR) is 255 cm³/mol. The quantitative estimate of drug-likeness (QED) is 0.150. The number of fused-ring (bicyclic) bond motifs is 4. The second kappa shape index (κ2) is 15.1. The van der Waals surface area contributed by atoms with Crippen LogP contribution in [0.3, 0.4) is 0 Å². The summed E-state index contributed by atoms with van der Waals surface area (Å²) in [5, 5.41) is 4.93. The topological polar surface area (TPSA) is 8.17 Å². The van der Waals surface area contributed by atoms with Gasteiger partial charge in [-0.25, -0.2) is 0 Å². The molecule has 0 radical (unpaired) electrons. The molecule has 10 aromatic carbocycles. The summed E-state index contributed by atoms with van der Waals surface area (Å²) in [4.78, 5) is 2.42. The molecular formula is C58H40N2. The fourth-order valence-electron chi connectivity index (χ4n) is 8.87. The lowest BCUT2D eigenvalue weighted by atomic mass is 9.99. The van der Waals surface area contributed by atoms with E-state index >= 15 is 0 Å². The summed E-state index contributed by atoms with van der Waals surface area (Å²) in [5.74, 6) is 0. The first-order chi connectivity index (χ1) is 29.8. The minimum Gasteiger partial charge on any atom is -0.310 e. The average Bonchev–Trinajstić information content (AvgIpc) is 3.66. The van der Waals surface area contributed by atoms with Crippen molar-refractivity contribution in [1.82, 2.24) is 4.57 Å². The van der Waals surface area contributed by atoms with Crippen molar-refractivity contribution in [2.45, 2.75) is 0 Å². The largest absolute Gasteiger partial charge is 0.310 e. The van der Waals surface area contributed by atoms with Crippen LogP contribution in [0.5, 0.6) is 0 Å². The third-order valence-electron chi connectivity index (χ3n) is 11.8. The molecule has 0 N–H and O–H groups in total. The van der Waals surface area contributed by atoms with E-state index in [1.807, 2.05) is 0 Å². The molecule has 0 fully saturated rings. The van der Waals surface area contributed by atoms with Gasteiger partial charge in [-0.15, -0.1) is 0 Å². The summed E-state index contributed by atoms with van der Waals surface area (Å²) in [6.07, 6.45) is 0. The van der Waals surface area contributed by atoms with Crippen LogP contribution in [0.15, 0.2) is 243 Å². The van der Waals surface area contributed by atoms with Crippen molar-refractivity contribution in [3.63, 3.8) is 0 Å². The van der Waals surface area contributed by atoms with Crippen molar-refractivity contribution in [2.75, 3.05) is 4.90 Å². The number of benzene rings is 10. The highest BCUT2D eigenvalue weighted by molar-refractivity contribution is 6.11. The highest BCUT2D eigenvalue weighted by Gasteiger charge is 2.21. The molecule has 0 bridgehead atoms. The number of para-hydroxylation sites is 3. The average molecular weight is 765 g/mol. The minimum absolute atomic E-state index is 1.08. The molecule has 1 heterocycles. The maximum absolute atomic E-state index is 2.46. The lowest BCUT2D eigenvalue weighted by Gasteiger charge is -2.28. The normalized spacial score (nSPS) is 11.3. The van der Waals surface area contributed by atoms with Gasteiger partial charge in [0.15, 0.2) is 0 Å². The summed E-state index contributed by atoms with van der Waals surface area (Å²) in [6, 6.07) is 87.9. The zero-order valence-electron chi connectivity index (χ0n) is 33.0. The van der Waals surface area contributed by atoms with Crippen LogP contribution in [-0.4, -0.2) is 4.57 Å². The molecule has 11 aromatic rings. The Morgan fingerprint density at radius 1 is 0.283 bits per heavy atom. The first-order valence-electron chi connectivity index (χ1n) is 20.6. The SMILES string of the molecule is c1ccc(-c2ccc(-c3ccccc3-n3c4ccccc4c4ccc(N(c5ccc(-c6ccc7ccccc7c6)cc5)c5ccccc5-c5ccccc5)cc43)cc2)cc1. The highest BCUT2D eigenvalue weighted by Crippen LogP contribution is 2.44. The van der Waals surface area contributed by atoms with E-state index < -0.39 is 0 Å². The lowest BCUT2D eigenvalue weighted by molar-refractivity contribution is 1.18. The Kier molecular flexibility index (Phi) is 8.87. The number of hydrogen-bond donors (Lipinski definition) is 0. The predicted octanol–water partition coefficient (Wildman–Crippen LogP) is 16.1. The van der Waals surface area contributed by atoms with Gasteiger partial charge in [0.2, 0.25) is 0 Å². The summed E-state index contributed by atoms with van der Waals surface area (Å²) < 4.78 is 2.46. The summed E-state index contributed by atoms with van der Waals surface area (Å²) >= 11 is 0. The van der Waals surface area contributed by atoms with E-state index in [4.69, 9.17) is 0 Å². The van der Waals surface area contributed by atoms with Gasteiger partial charge >= 0.3 is 0 Å². The van der Waals surface area contributed by atoms with Gasteiger partial charge < -0.3 is 9.47 Å². The summed E-state index contributed by atoms with van der Waals surface area (Å²) in [7, 11) is 0. The zero-order chi connectivity index (χ0) is 39.8. The number of anilines is 3. The molecule has 11 rings (SSSR count). The smallest absolute Gasteiger partial charge is 0.0562 e. The van der Waals surface area contributed by atoms with Gasteiger partial charge in [0.1, 0.15) is 0 Å². The van der Waals surface area contributed by atoms with E-state index in [1.54, 1.807) is 0 Å². The molecule has 60 heavy (non-hydrogen) atoms. The standard InChI is InChI=1S/C58H40N2/c1-3-15-41(16-4-1)43-27-30-46(31-28-43)52-22-10-13-25-56(52)60-57-26-14-11-23-53(57)54-38-37-50(40-58(54)60)59(55-24-12-9-21-51(55)45-18-5-2-6-19-45)49-35-33-44(34-36-49)48-32-29-42-17-7-8-20-47(42)39-48/h1-40H. The van der Waals surface area contributed by atoms with Crippen molar-refractivity contribution < 1.29 is 0 Å². The lowest BCUT2D eigenvalue weighted by Crippen LogP contribution is -2.11. The summed E-state index contributed by atoms with van der Waals surface area (Å²) in [5.41, 5.74) is 16.3. The van der Waals surface area contributed by atoms with Crippen molar-refractivity contribution in [1.29, 1.82) is 0 Å². The van der Waals surface area contributed by atoms with Crippen molar-refractivity contribution in [2.24, 2.45) is 0 Å². The van der Waals surface area contributed by atoms with E-state index in [9.17, 15) is 0 Å². The van der Waals surface area contributed by atoms with Crippen molar-refractivity contribution >= 4 is 49.6 Å². The first kappa shape index (κ1) is 35.2. The van der Waals surface area contributed by atoms with Crippen LogP contribution < -0.4 is 4.90 Å². The molecule has 0 spiro atoms. The van der Waals surface area contributed by atoms with Gasteiger partial charge in [-0.3, -0.25) is 0 Å². The molecule has 1 aromatic heterocycles. The molecule has 0 amide bonds. The van der Waals surface area contributed by atoms with Gasteiger partial charge in [-0.2, -0.15) is 0 Å². The monoisotopic (exact) mass is 764 g/mol. The molecular weight excluding hydrogens is 725 g/mol. The maximum Gasteiger partial charge on any atom is 0.0562 e. The molecule has 0 aliphatic carbocycles. The van der Waals surface area contributed by atoms with E-state index in [-0.39, 0.29) is 0 Å². The third kappa shape index (κ3) is 6.32. The number of rotatable bonds is 8. The van der Waals surface area contributed by atoms with Gasteiger partial charge in [0, 0.05) is 33.3 Å². The van der Waals surface area contributed by atoms with Crippen LogP contribution in [0.25, 0.3) is 82.8 Å². The van der Waals surface area contributed by atoms with Gasteiger partial charge in [-0.1, -0.05) is 194 Å². The molecule has 0 aliphatic rings. The molecule has 2 nitrogen and oxygen atoms in total. The fraction of sp³-hybridized carbons (Fsp3) is 0. The van der Waals surface area contributed by atoms with Crippen molar-refractivity contribution in [3.05, 3.63) is 243 Å². The Hall–Kier alpha value is -7.94. The minimum atomic E-state index is 1.08.